The lowest BCUT2D eigenvalue weighted by Crippen LogP contribution is -2.31. The molecule has 0 fully saturated rings. The van der Waals surface area contributed by atoms with Crippen molar-refractivity contribution >= 4 is 0 Å². The molecule has 1 aromatic heterocycles. The minimum Gasteiger partial charge on any atom is -0.384 e. The van der Waals surface area contributed by atoms with E-state index in [-0.39, 0.29) is 6.04 Å². The predicted octanol–water partition coefficient (Wildman–Crippen LogP) is 1.08. The van der Waals surface area contributed by atoms with Crippen LogP contribution in [0.15, 0.2) is 12.3 Å². The van der Waals surface area contributed by atoms with E-state index >= 15 is 0 Å². The number of rotatable bonds is 7. The SMILES string of the molecule is CCn1nccc1C(CC(C)COC)NN. The van der Waals surface area contributed by atoms with Crippen molar-refractivity contribution in [2.24, 2.45) is 11.8 Å². The van der Waals surface area contributed by atoms with E-state index < -0.39 is 0 Å². The average Bonchev–Trinajstić information content (AvgIpc) is 2.74. The topological polar surface area (TPSA) is 65.1 Å². The van der Waals surface area contributed by atoms with Crippen molar-refractivity contribution in [3.05, 3.63) is 18.0 Å². The van der Waals surface area contributed by atoms with Gasteiger partial charge in [-0.25, -0.2) is 0 Å². The molecular formula is C11H22N4O. The smallest absolute Gasteiger partial charge is 0.0632 e. The summed E-state index contributed by atoms with van der Waals surface area (Å²) in [7, 11) is 1.72. The summed E-state index contributed by atoms with van der Waals surface area (Å²) in [6.45, 7) is 5.83. The zero-order chi connectivity index (χ0) is 12.0. The van der Waals surface area contributed by atoms with Crippen LogP contribution in [0.5, 0.6) is 0 Å². The summed E-state index contributed by atoms with van der Waals surface area (Å²) in [5, 5.41) is 4.25. The first-order valence-corrected chi connectivity index (χ1v) is 5.69. The van der Waals surface area contributed by atoms with Gasteiger partial charge in [0.05, 0.1) is 11.7 Å². The van der Waals surface area contributed by atoms with E-state index in [4.69, 9.17) is 10.6 Å². The van der Waals surface area contributed by atoms with Crippen LogP contribution in [0.25, 0.3) is 0 Å². The molecule has 0 spiro atoms. The van der Waals surface area contributed by atoms with Crippen LogP contribution in [0.3, 0.4) is 0 Å². The molecule has 92 valence electrons. The van der Waals surface area contributed by atoms with Crippen LogP contribution in [0, 0.1) is 5.92 Å². The van der Waals surface area contributed by atoms with Crippen molar-refractivity contribution in [3.8, 4) is 0 Å². The molecule has 1 rings (SSSR count). The molecule has 0 saturated heterocycles. The van der Waals surface area contributed by atoms with E-state index in [0.29, 0.717) is 5.92 Å². The third-order valence-electron chi connectivity index (χ3n) is 2.70. The van der Waals surface area contributed by atoms with Gasteiger partial charge >= 0.3 is 0 Å². The molecule has 0 radical (unpaired) electrons. The zero-order valence-electron chi connectivity index (χ0n) is 10.3. The first kappa shape index (κ1) is 13.2. The van der Waals surface area contributed by atoms with Gasteiger partial charge < -0.3 is 4.74 Å². The Labute approximate surface area is 96.9 Å². The predicted molar refractivity (Wildman–Crippen MR) is 63.6 cm³/mol. The van der Waals surface area contributed by atoms with Crippen molar-refractivity contribution in [1.82, 2.24) is 15.2 Å². The minimum atomic E-state index is 0.132. The van der Waals surface area contributed by atoms with Crippen molar-refractivity contribution in [2.75, 3.05) is 13.7 Å². The Morgan fingerprint density at radius 2 is 2.38 bits per heavy atom. The van der Waals surface area contributed by atoms with Crippen LogP contribution in [0.4, 0.5) is 0 Å². The van der Waals surface area contributed by atoms with Crippen molar-refractivity contribution in [2.45, 2.75) is 32.9 Å². The van der Waals surface area contributed by atoms with Gasteiger partial charge in [0.25, 0.3) is 0 Å². The second kappa shape index (κ2) is 6.62. The lowest BCUT2D eigenvalue weighted by Gasteiger charge is -2.20. The fourth-order valence-electron chi connectivity index (χ4n) is 1.93. The Hall–Kier alpha value is -0.910. The molecule has 0 aliphatic heterocycles. The number of nitrogens with one attached hydrogen (secondary N) is 1. The minimum absolute atomic E-state index is 0.132. The van der Waals surface area contributed by atoms with Gasteiger partial charge in [0, 0.05) is 26.5 Å². The third-order valence-corrected chi connectivity index (χ3v) is 2.70. The number of methoxy groups -OCH3 is 1. The van der Waals surface area contributed by atoms with Gasteiger partial charge in [0.1, 0.15) is 0 Å². The number of aromatic nitrogens is 2. The summed E-state index contributed by atoms with van der Waals surface area (Å²) in [5.41, 5.74) is 3.98. The normalized spacial score (nSPS) is 15.0. The number of ether oxygens (including phenoxy) is 1. The molecule has 5 nitrogen and oxygen atoms in total. The molecule has 1 aromatic rings. The van der Waals surface area contributed by atoms with E-state index in [9.17, 15) is 0 Å². The maximum atomic E-state index is 5.60. The molecule has 0 aliphatic carbocycles. The molecule has 1 heterocycles. The largest absolute Gasteiger partial charge is 0.384 e. The molecule has 3 N–H and O–H groups in total. The highest BCUT2D eigenvalue weighted by Gasteiger charge is 2.17. The fraction of sp³-hybridized carbons (Fsp3) is 0.727. The first-order valence-electron chi connectivity index (χ1n) is 5.69. The molecule has 0 bridgehead atoms. The van der Waals surface area contributed by atoms with Gasteiger partial charge in [-0.3, -0.25) is 16.0 Å². The van der Waals surface area contributed by atoms with E-state index in [1.54, 1.807) is 7.11 Å². The molecule has 0 aromatic carbocycles. The lowest BCUT2D eigenvalue weighted by atomic mass is 10.0. The molecule has 0 amide bonds. The van der Waals surface area contributed by atoms with Gasteiger partial charge in [-0.1, -0.05) is 6.92 Å². The third kappa shape index (κ3) is 3.30. The van der Waals surface area contributed by atoms with Crippen LogP contribution in [0.2, 0.25) is 0 Å². The first-order chi connectivity index (χ1) is 7.72. The zero-order valence-corrected chi connectivity index (χ0v) is 10.3. The quantitative estimate of drug-likeness (QED) is 0.539. The Balaban J connectivity index is 2.66. The maximum Gasteiger partial charge on any atom is 0.0632 e. The number of hydrogen-bond acceptors (Lipinski definition) is 4. The van der Waals surface area contributed by atoms with Crippen LogP contribution < -0.4 is 11.3 Å². The average molecular weight is 226 g/mol. The number of hydrogen-bond donors (Lipinski definition) is 2. The number of nitrogens with zero attached hydrogens (tertiary/aromatic N) is 2. The van der Waals surface area contributed by atoms with Gasteiger partial charge in [-0.2, -0.15) is 5.10 Å². The standard InChI is InChI=1S/C11H22N4O/c1-4-15-11(5-6-13-15)10(14-12)7-9(2)8-16-3/h5-6,9-10,14H,4,7-8,12H2,1-3H3. The molecule has 16 heavy (non-hydrogen) atoms. The number of hydrazine groups is 1. The molecule has 2 unspecified atom stereocenters. The highest BCUT2D eigenvalue weighted by atomic mass is 16.5. The van der Waals surface area contributed by atoms with Crippen LogP contribution in [-0.2, 0) is 11.3 Å². The fourth-order valence-corrected chi connectivity index (χ4v) is 1.93. The van der Waals surface area contributed by atoms with Crippen molar-refractivity contribution in [1.29, 1.82) is 0 Å². The second-order valence-corrected chi connectivity index (χ2v) is 4.09. The Morgan fingerprint density at radius 3 is 2.94 bits per heavy atom. The summed E-state index contributed by atoms with van der Waals surface area (Å²) >= 11 is 0. The summed E-state index contributed by atoms with van der Waals surface area (Å²) in [4.78, 5) is 0. The molecule has 2 atom stereocenters. The van der Waals surface area contributed by atoms with E-state index in [0.717, 1.165) is 25.3 Å². The summed E-state index contributed by atoms with van der Waals surface area (Å²) in [6.07, 6.45) is 2.75. The second-order valence-electron chi connectivity index (χ2n) is 4.09. The van der Waals surface area contributed by atoms with E-state index in [1.807, 2.05) is 16.9 Å². The summed E-state index contributed by atoms with van der Waals surface area (Å²) < 4.78 is 7.09. The number of aryl methyl sites for hydroxylation is 1. The van der Waals surface area contributed by atoms with Gasteiger partial charge in [-0.05, 0) is 25.3 Å². The molecular weight excluding hydrogens is 204 g/mol. The van der Waals surface area contributed by atoms with Crippen molar-refractivity contribution in [3.63, 3.8) is 0 Å². The highest BCUT2D eigenvalue weighted by Crippen LogP contribution is 2.20. The van der Waals surface area contributed by atoms with Crippen LogP contribution in [-0.4, -0.2) is 23.5 Å². The molecule has 0 aliphatic rings. The van der Waals surface area contributed by atoms with Gasteiger partial charge in [0.15, 0.2) is 0 Å². The molecule has 5 heteroatoms. The Kier molecular flexibility index (Phi) is 5.45. The monoisotopic (exact) mass is 226 g/mol. The summed E-state index contributed by atoms with van der Waals surface area (Å²) in [6, 6.07) is 2.14. The lowest BCUT2D eigenvalue weighted by molar-refractivity contribution is 0.148. The highest BCUT2D eigenvalue weighted by molar-refractivity contribution is 5.06. The maximum absolute atomic E-state index is 5.60. The molecule has 0 saturated carbocycles. The van der Waals surface area contributed by atoms with Crippen molar-refractivity contribution < 1.29 is 4.74 Å². The van der Waals surface area contributed by atoms with Gasteiger partial charge in [0.2, 0.25) is 0 Å². The van der Waals surface area contributed by atoms with Crippen LogP contribution >= 0.6 is 0 Å². The summed E-state index contributed by atoms with van der Waals surface area (Å²) in [5.74, 6) is 6.06. The Bertz CT molecular complexity index is 300. The van der Waals surface area contributed by atoms with Crippen LogP contribution in [0.1, 0.15) is 32.0 Å². The van der Waals surface area contributed by atoms with E-state index in [1.165, 1.54) is 0 Å². The Morgan fingerprint density at radius 1 is 1.62 bits per heavy atom. The van der Waals surface area contributed by atoms with E-state index in [2.05, 4.69) is 24.4 Å². The number of nitrogens with two attached hydrogens (primary N) is 1. The van der Waals surface area contributed by atoms with Gasteiger partial charge in [-0.15, -0.1) is 0 Å².